The first kappa shape index (κ1) is 20.3. The van der Waals surface area contributed by atoms with Gasteiger partial charge in [0, 0.05) is 11.6 Å². The van der Waals surface area contributed by atoms with Crippen LogP contribution in [0.15, 0.2) is 44.4 Å². The monoisotopic (exact) mass is 484 g/mol. The van der Waals surface area contributed by atoms with Gasteiger partial charge < -0.3 is 14.2 Å². The molecule has 0 heterocycles. The number of methoxy groups -OCH3 is 2. The van der Waals surface area contributed by atoms with Crippen molar-refractivity contribution in [2.75, 3.05) is 20.8 Å². The predicted molar refractivity (Wildman–Crippen MR) is 107 cm³/mol. The number of carbonyl (C=O) groups is 1. The highest BCUT2D eigenvalue weighted by molar-refractivity contribution is 9.11. The molecule has 0 saturated heterocycles. The van der Waals surface area contributed by atoms with Crippen LogP contribution in [0.2, 0.25) is 0 Å². The average molecular weight is 486 g/mol. The van der Waals surface area contributed by atoms with Gasteiger partial charge in [0.1, 0.15) is 17.2 Å². The molecule has 6 nitrogen and oxygen atoms in total. The Kier molecular flexibility index (Phi) is 7.47. The molecule has 0 unspecified atom stereocenters. The highest BCUT2D eigenvalue weighted by atomic mass is 79.9. The third-order valence-electron chi connectivity index (χ3n) is 3.32. The van der Waals surface area contributed by atoms with Crippen LogP contribution in [0.5, 0.6) is 17.2 Å². The third kappa shape index (κ3) is 5.47. The zero-order valence-corrected chi connectivity index (χ0v) is 17.7. The summed E-state index contributed by atoms with van der Waals surface area (Å²) in [7, 11) is 3.13. The molecule has 0 spiro atoms. The van der Waals surface area contributed by atoms with E-state index in [1.165, 1.54) is 6.21 Å². The van der Waals surface area contributed by atoms with Crippen molar-refractivity contribution in [3.05, 3.63) is 50.4 Å². The Balaban J connectivity index is 1.94. The molecule has 0 aliphatic heterocycles. The van der Waals surface area contributed by atoms with Crippen molar-refractivity contribution >= 4 is 44.0 Å². The lowest BCUT2D eigenvalue weighted by Gasteiger charge is -2.10. The molecule has 0 atom stereocenters. The average Bonchev–Trinajstić information content (AvgIpc) is 2.61. The maximum Gasteiger partial charge on any atom is 0.277 e. The minimum Gasteiger partial charge on any atom is -0.497 e. The molecule has 26 heavy (non-hydrogen) atoms. The van der Waals surface area contributed by atoms with E-state index < -0.39 is 0 Å². The largest absolute Gasteiger partial charge is 0.497 e. The zero-order valence-electron chi connectivity index (χ0n) is 14.5. The minimum atomic E-state index is -0.381. The van der Waals surface area contributed by atoms with Crippen LogP contribution < -0.4 is 19.6 Å². The van der Waals surface area contributed by atoms with Crippen molar-refractivity contribution < 1.29 is 19.0 Å². The van der Waals surface area contributed by atoms with Gasteiger partial charge >= 0.3 is 0 Å². The van der Waals surface area contributed by atoms with Crippen LogP contribution in [0.3, 0.4) is 0 Å². The van der Waals surface area contributed by atoms with E-state index in [0.717, 1.165) is 14.5 Å². The lowest BCUT2D eigenvalue weighted by Crippen LogP contribution is -2.24. The first-order chi connectivity index (χ1) is 12.4. The van der Waals surface area contributed by atoms with E-state index in [4.69, 9.17) is 14.2 Å². The van der Waals surface area contributed by atoms with Crippen molar-refractivity contribution in [1.29, 1.82) is 0 Å². The summed E-state index contributed by atoms with van der Waals surface area (Å²) in [6.07, 6.45) is 1.49. The molecule has 1 amide bonds. The SMILES string of the molecule is COc1ccc(/C=N/NC(=O)COc2c(Br)cc(C)cc2Br)c(OC)c1. The van der Waals surface area contributed by atoms with Crippen LogP contribution in [-0.2, 0) is 4.79 Å². The number of nitrogens with zero attached hydrogens (tertiary/aromatic N) is 1. The Morgan fingerprint density at radius 3 is 2.46 bits per heavy atom. The molecule has 8 heteroatoms. The van der Waals surface area contributed by atoms with E-state index >= 15 is 0 Å². The minimum absolute atomic E-state index is 0.169. The molecule has 138 valence electrons. The van der Waals surface area contributed by atoms with Gasteiger partial charge in [0.2, 0.25) is 0 Å². The number of hydrogen-bond acceptors (Lipinski definition) is 5. The molecule has 0 fully saturated rings. The lowest BCUT2D eigenvalue weighted by molar-refractivity contribution is -0.123. The Morgan fingerprint density at radius 1 is 1.15 bits per heavy atom. The topological polar surface area (TPSA) is 69.2 Å². The molecule has 0 radical (unpaired) electrons. The molecule has 0 aliphatic rings. The summed E-state index contributed by atoms with van der Waals surface area (Å²) in [6.45, 7) is 1.80. The van der Waals surface area contributed by atoms with E-state index in [1.807, 2.05) is 19.1 Å². The summed E-state index contributed by atoms with van der Waals surface area (Å²) in [5.74, 6) is 1.44. The molecule has 2 aromatic rings. The van der Waals surface area contributed by atoms with Gasteiger partial charge in [-0.2, -0.15) is 5.10 Å². The summed E-state index contributed by atoms with van der Waals surface area (Å²) in [5.41, 5.74) is 4.19. The van der Waals surface area contributed by atoms with Crippen LogP contribution in [0.25, 0.3) is 0 Å². The molecule has 1 N–H and O–H groups in total. The summed E-state index contributed by atoms with van der Waals surface area (Å²) < 4.78 is 17.5. The highest BCUT2D eigenvalue weighted by Gasteiger charge is 2.10. The van der Waals surface area contributed by atoms with Gasteiger partial charge in [0.25, 0.3) is 5.91 Å². The van der Waals surface area contributed by atoms with Crippen molar-refractivity contribution in [3.8, 4) is 17.2 Å². The van der Waals surface area contributed by atoms with E-state index in [-0.39, 0.29) is 12.5 Å². The van der Waals surface area contributed by atoms with E-state index in [0.29, 0.717) is 22.8 Å². The number of hydrogen-bond donors (Lipinski definition) is 1. The smallest absolute Gasteiger partial charge is 0.277 e. The second kappa shape index (κ2) is 9.59. The Labute approximate surface area is 168 Å². The Hall–Kier alpha value is -2.06. The van der Waals surface area contributed by atoms with Crippen LogP contribution in [0.1, 0.15) is 11.1 Å². The lowest BCUT2D eigenvalue weighted by atomic mass is 10.2. The maximum absolute atomic E-state index is 11.9. The van der Waals surface area contributed by atoms with Gasteiger partial charge in [-0.3, -0.25) is 4.79 Å². The van der Waals surface area contributed by atoms with Crippen molar-refractivity contribution in [1.82, 2.24) is 5.43 Å². The maximum atomic E-state index is 11.9. The molecule has 2 aromatic carbocycles. The Bertz CT molecular complexity index is 802. The number of halogens is 2. The van der Waals surface area contributed by atoms with E-state index in [1.54, 1.807) is 32.4 Å². The summed E-state index contributed by atoms with van der Waals surface area (Å²) >= 11 is 6.84. The second-order valence-electron chi connectivity index (χ2n) is 5.25. The summed E-state index contributed by atoms with van der Waals surface area (Å²) in [6, 6.07) is 9.11. The number of aryl methyl sites for hydroxylation is 1. The number of ether oxygens (including phenoxy) is 3. The van der Waals surface area contributed by atoms with Crippen molar-refractivity contribution in [2.45, 2.75) is 6.92 Å². The van der Waals surface area contributed by atoms with Crippen molar-refractivity contribution in [2.24, 2.45) is 5.10 Å². The van der Waals surface area contributed by atoms with Gasteiger partial charge in [0.15, 0.2) is 6.61 Å². The van der Waals surface area contributed by atoms with E-state index in [9.17, 15) is 4.79 Å². The molecule has 0 bridgehead atoms. The highest BCUT2D eigenvalue weighted by Crippen LogP contribution is 2.34. The molecule has 0 aromatic heterocycles. The number of rotatable bonds is 7. The fourth-order valence-corrected chi connectivity index (χ4v) is 3.74. The first-order valence-corrected chi connectivity index (χ1v) is 9.15. The number of carbonyl (C=O) groups excluding carboxylic acids is 1. The van der Waals surface area contributed by atoms with Crippen LogP contribution in [0.4, 0.5) is 0 Å². The molecule has 0 aliphatic carbocycles. The fourth-order valence-electron chi connectivity index (χ4n) is 2.09. The fraction of sp³-hybridized carbons (Fsp3) is 0.222. The van der Waals surface area contributed by atoms with Gasteiger partial charge in [-0.25, -0.2) is 5.43 Å². The molecule has 2 rings (SSSR count). The first-order valence-electron chi connectivity index (χ1n) is 7.57. The molecule has 0 saturated carbocycles. The van der Waals surface area contributed by atoms with Crippen LogP contribution >= 0.6 is 31.9 Å². The summed E-state index contributed by atoms with van der Waals surface area (Å²) in [5, 5.41) is 3.93. The quantitative estimate of drug-likeness (QED) is 0.474. The van der Waals surface area contributed by atoms with Gasteiger partial charge in [-0.15, -0.1) is 0 Å². The third-order valence-corrected chi connectivity index (χ3v) is 4.50. The van der Waals surface area contributed by atoms with Crippen LogP contribution in [-0.4, -0.2) is 32.9 Å². The van der Waals surface area contributed by atoms with Gasteiger partial charge in [-0.1, -0.05) is 0 Å². The Morgan fingerprint density at radius 2 is 1.85 bits per heavy atom. The van der Waals surface area contributed by atoms with Gasteiger partial charge in [-0.05, 0) is 68.6 Å². The van der Waals surface area contributed by atoms with Crippen molar-refractivity contribution in [3.63, 3.8) is 0 Å². The van der Waals surface area contributed by atoms with Crippen LogP contribution in [0, 0.1) is 6.92 Å². The number of hydrazone groups is 1. The van der Waals surface area contributed by atoms with Gasteiger partial charge in [0.05, 0.1) is 29.4 Å². The number of nitrogens with one attached hydrogen (secondary N) is 1. The molecular formula is C18H18Br2N2O4. The number of benzene rings is 2. The molecular weight excluding hydrogens is 468 g/mol. The predicted octanol–water partition coefficient (Wildman–Crippen LogP) is 4.07. The zero-order chi connectivity index (χ0) is 19.1. The standard InChI is InChI=1S/C18H18Br2N2O4/c1-11-6-14(19)18(15(20)7-11)26-10-17(23)22-21-9-12-4-5-13(24-2)8-16(12)25-3/h4-9H,10H2,1-3H3,(H,22,23)/b21-9+. The second-order valence-corrected chi connectivity index (χ2v) is 6.96. The van der Waals surface area contributed by atoms with E-state index in [2.05, 4.69) is 42.4 Å². The number of amides is 1. The normalized spacial score (nSPS) is 10.7. The summed E-state index contributed by atoms with van der Waals surface area (Å²) in [4.78, 5) is 11.9.